The summed E-state index contributed by atoms with van der Waals surface area (Å²) in [6.07, 6.45) is 100. The molecule has 0 aromatic heterocycles. The summed E-state index contributed by atoms with van der Waals surface area (Å²) in [5, 5.41) is 19.8. The molecule has 0 radical (unpaired) electrons. The van der Waals surface area contributed by atoms with Gasteiger partial charge in [0.1, 0.15) is 24.6 Å². The molecule has 0 heterocycles. The van der Waals surface area contributed by atoms with Crippen LogP contribution >= 0.6 is 0 Å². The predicted molar refractivity (Wildman–Crippen MR) is 512 cm³/mol. The second-order valence-corrected chi connectivity index (χ2v) is 32.6. The standard InChI is InChI=1S/C49H92N2O3.C44H71NO5.C11H26N2O/c1-6-11-13-15-17-19-21-23-25-27-29-31-33-35-37-39-41-48(54-49(52)53-47-46-51(43-8-3)45-44-50(9-4)10-5)42-40-38-36-34-32-30-28-26-24-22-20-18-16-14-12-7-2;1-3-5-7-9-11-13-15-17-19-21-23-25-27-29-31-33-35-42(49-44(46)50-43-39-37-41(38-40-43)45(47)48)36-34-32-30-28-26-24-22-20-18-16-14-12-10-8-6-4-2;1-4-7-13(10-11-14)9-8-12(5-2)6-3/h17-20,23-26,48H,6-16,21-22,27-47H2,1-5H3;11-14,17-20,37-40,42H,3-10,15-16,21-36H2,1-2H3;14H,4-11H2,1-3H3/b19-17-,20-18-,25-23-,26-24-;13-11-,14-12-,19-17-,20-18-;. The Balaban J connectivity index is 0. The van der Waals surface area contributed by atoms with Crippen molar-refractivity contribution < 1.29 is 38.6 Å². The summed E-state index contributed by atoms with van der Waals surface area (Å²) in [5.74, 6) is 0.252. The zero-order valence-corrected chi connectivity index (χ0v) is 78.7. The van der Waals surface area contributed by atoms with Crippen LogP contribution in [-0.4, -0.2) is 146 Å². The Kier molecular flexibility index (Phi) is 93.2. The molecule has 0 saturated carbocycles. The number of likely N-dealkylation sites (N-methyl/N-ethyl adjacent to an activating group) is 2. The van der Waals surface area contributed by atoms with Gasteiger partial charge in [-0.15, -0.1) is 0 Å². The van der Waals surface area contributed by atoms with E-state index in [1.165, 1.54) is 255 Å². The van der Waals surface area contributed by atoms with Gasteiger partial charge in [0.25, 0.3) is 5.69 Å². The maximum Gasteiger partial charge on any atom is 0.514 e. The third-order valence-corrected chi connectivity index (χ3v) is 22.1. The van der Waals surface area contributed by atoms with Gasteiger partial charge >= 0.3 is 12.3 Å². The van der Waals surface area contributed by atoms with Crippen LogP contribution in [0.25, 0.3) is 0 Å². The number of non-ortho nitro benzene ring substituents is 1. The maximum atomic E-state index is 12.8. The van der Waals surface area contributed by atoms with Crippen LogP contribution in [0.2, 0.25) is 0 Å². The first-order valence-corrected chi connectivity index (χ1v) is 49.6. The molecule has 0 amide bonds. The van der Waals surface area contributed by atoms with Crippen molar-refractivity contribution in [2.45, 2.75) is 428 Å². The van der Waals surface area contributed by atoms with E-state index in [1.807, 2.05) is 0 Å². The molecule has 0 unspecified atom stereocenters. The zero-order valence-electron chi connectivity index (χ0n) is 78.7. The second kappa shape index (κ2) is 95.7. The van der Waals surface area contributed by atoms with Crippen molar-refractivity contribution in [3.8, 4) is 5.75 Å². The smallest absolute Gasteiger partial charge is 0.433 e. The first-order chi connectivity index (χ1) is 57.9. The lowest BCUT2D eigenvalue weighted by Gasteiger charge is -2.26. The SMILES string of the molecule is CCCCC/C=C\C/C=C\CCCCCCCCC(CCCCCCCC/C=C\C/C=C\CCCCC)OC(=O)OCCN(CCC)CCN(CC)CC.CCCCC/C=C\C/C=C\CCCCCCCCC(CCCCCCCC/C=C\C/C=C\CCCCC)OC(=O)Oc1ccc([N+](=O)[O-])cc1.CCCN(CCO)CCN(CC)CC. The normalized spacial score (nSPS) is 12.1. The number of benzene rings is 1. The Hall–Kier alpha value is -5.12. The lowest BCUT2D eigenvalue weighted by atomic mass is 10.0. The Labute approximate surface area is 729 Å². The number of hydrogen-bond acceptors (Lipinski definition) is 13. The van der Waals surface area contributed by atoms with Gasteiger partial charge in [-0.1, -0.05) is 321 Å². The zero-order chi connectivity index (χ0) is 86.4. The molecule has 1 aromatic carbocycles. The summed E-state index contributed by atoms with van der Waals surface area (Å²) in [7, 11) is 0. The summed E-state index contributed by atoms with van der Waals surface area (Å²) in [6.45, 7) is 35.3. The molecule has 0 spiro atoms. The van der Waals surface area contributed by atoms with Crippen molar-refractivity contribution in [3.63, 3.8) is 0 Å². The van der Waals surface area contributed by atoms with Crippen LogP contribution in [0.3, 0.4) is 0 Å². The molecule has 118 heavy (non-hydrogen) atoms. The van der Waals surface area contributed by atoms with Gasteiger partial charge < -0.3 is 33.9 Å². The van der Waals surface area contributed by atoms with Crippen LogP contribution in [0.1, 0.15) is 416 Å². The maximum absolute atomic E-state index is 12.8. The van der Waals surface area contributed by atoms with Crippen LogP contribution < -0.4 is 4.74 Å². The fourth-order valence-electron chi connectivity index (χ4n) is 14.4. The van der Waals surface area contributed by atoms with Crippen molar-refractivity contribution in [2.24, 2.45) is 0 Å². The first kappa shape index (κ1) is 115. The van der Waals surface area contributed by atoms with E-state index in [0.717, 1.165) is 194 Å². The van der Waals surface area contributed by atoms with Gasteiger partial charge in [-0.25, -0.2) is 9.59 Å². The van der Waals surface area contributed by atoms with Crippen molar-refractivity contribution in [3.05, 3.63) is 132 Å². The van der Waals surface area contributed by atoms with Gasteiger partial charge in [-0.2, -0.15) is 0 Å². The summed E-state index contributed by atoms with van der Waals surface area (Å²) < 4.78 is 22.7. The quantitative estimate of drug-likeness (QED) is 0.0165. The summed E-state index contributed by atoms with van der Waals surface area (Å²) in [6, 6.07) is 5.52. The number of allylic oxidation sites excluding steroid dienone is 16. The van der Waals surface area contributed by atoms with Crippen molar-refractivity contribution in [2.75, 3.05) is 91.8 Å². The summed E-state index contributed by atoms with van der Waals surface area (Å²) in [5.41, 5.74) is -0.0432. The van der Waals surface area contributed by atoms with Crippen LogP contribution in [0.15, 0.2) is 121 Å². The minimum atomic E-state index is -0.732. The van der Waals surface area contributed by atoms with E-state index in [9.17, 15) is 19.7 Å². The van der Waals surface area contributed by atoms with Gasteiger partial charge in [0.15, 0.2) is 0 Å². The molecular formula is C104H189N5O9. The number of nitro groups is 1. The molecule has 0 aliphatic rings. The summed E-state index contributed by atoms with van der Waals surface area (Å²) in [4.78, 5) is 45.5. The molecule has 14 nitrogen and oxygen atoms in total. The molecule has 1 N–H and O–H groups in total. The highest BCUT2D eigenvalue weighted by Gasteiger charge is 2.19. The molecule has 0 aliphatic carbocycles. The van der Waals surface area contributed by atoms with Gasteiger partial charge in [-0.05, 0) is 244 Å². The fourth-order valence-corrected chi connectivity index (χ4v) is 14.4. The van der Waals surface area contributed by atoms with Gasteiger partial charge in [0.05, 0.1) is 11.5 Å². The van der Waals surface area contributed by atoms with E-state index in [2.05, 4.69) is 186 Å². The van der Waals surface area contributed by atoms with E-state index < -0.39 is 17.2 Å². The van der Waals surface area contributed by atoms with E-state index in [-0.39, 0.29) is 30.3 Å². The van der Waals surface area contributed by atoms with Crippen molar-refractivity contribution >= 4 is 18.0 Å². The first-order valence-electron chi connectivity index (χ1n) is 49.6. The molecule has 1 rings (SSSR count). The average molecular weight is 1650 g/mol. The van der Waals surface area contributed by atoms with Crippen LogP contribution in [0.5, 0.6) is 5.75 Å². The summed E-state index contributed by atoms with van der Waals surface area (Å²) >= 11 is 0. The Morgan fingerprint density at radius 1 is 0.322 bits per heavy atom. The Morgan fingerprint density at radius 3 is 0.856 bits per heavy atom. The fraction of sp³-hybridized carbons (Fsp3) is 0.769. The largest absolute Gasteiger partial charge is 0.514 e. The highest BCUT2D eigenvalue weighted by atomic mass is 16.7. The molecule has 0 atom stereocenters. The predicted octanol–water partition coefficient (Wildman–Crippen LogP) is 30.9. The van der Waals surface area contributed by atoms with Gasteiger partial charge in [-0.3, -0.25) is 19.9 Å². The number of carbonyl (C=O) groups excluding carboxylic acids is 2. The number of carbonyl (C=O) groups is 2. The number of aliphatic hydroxyl groups excluding tert-OH is 1. The second-order valence-electron chi connectivity index (χ2n) is 32.6. The lowest BCUT2D eigenvalue weighted by molar-refractivity contribution is -0.384. The molecule has 684 valence electrons. The van der Waals surface area contributed by atoms with E-state index in [1.54, 1.807) is 0 Å². The monoisotopic (exact) mass is 1650 g/mol. The molecule has 1 aromatic rings. The Morgan fingerprint density at radius 2 is 0.585 bits per heavy atom. The van der Waals surface area contributed by atoms with Crippen molar-refractivity contribution in [1.29, 1.82) is 0 Å². The lowest BCUT2D eigenvalue weighted by Crippen LogP contribution is -2.37. The minimum Gasteiger partial charge on any atom is -0.433 e. The molecule has 0 saturated heterocycles. The molecule has 0 fully saturated rings. The number of rotatable bonds is 83. The van der Waals surface area contributed by atoms with Crippen LogP contribution in [0.4, 0.5) is 15.3 Å². The van der Waals surface area contributed by atoms with E-state index in [0.29, 0.717) is 6.61 Å². The third kappa shape index (κ3) is 84.5. The Bertz CT molecular complexity index is 2400. The number of unbranched alkanes of at least 4 members (excludes halogenated alkanes) is 36. The molecular weight excluding hydrogens is 1460 g/mol. The molecule has 14 heteroatoms. The highest BCUT2D eigenvalue weighted by Crippen LogP contribution is 2.23. The number of hydrogen-bond donors (Lipinski definition) is 1. The van der Waals surface area contributed by atoms with Crippen LogP contribution in [0, 0.1) is 10.1 Å². The van der Waals surface area contributed by atoms with Crippen LogP contribution in [-0.2, 0) is 14.2 Å². The molecule has 0 aliphatic heterocycles. The number of ether oxygens (including phenoxy) is 4. The third-order valence-electron chi connectivity index (χ3n) is 22.1. The minimum absolute atomic E-state index is 0.0245. The van der Waals surface area contributed by atoms with E-state index in [4.69, 9.17) is 24.1 Å². The number of aliphatic hydroxyl groups is 1. The van der Waals surface area contributed by atoms with Gasteiger partial charge in [0, 0.05) is 51.4 Å². The van der Waals surface area contributed by atoms with E-state index >= 15 is 0 Å². The average Bonchev–Trinajstić information content (AvgIpc) is 0.884. The highest BCUT2D eigenvalue weighted by molar-refractivity contribution is 5.64. The molecule has 0 bridgehead atoms. The number of nitrogens with zero attached hydrogens (tertiary/aromatic N) is 5. The topological polar surface area (TPSA) is 147 Å². The number of nitro benzene ring substituents is 1. The van der Waals surface area contributed by atoms with Gasteiger partial charge in [0.2, 0.25) is 0 Å². The van der Waals surface area contributed by atoms with Crippen molar-refractivity contribution in [1.82, 2.24) is 19.6 Å².